The highest BCUT2D eigenvalue weighted by Crippen LogP contribution is 2.55. The van der Waals surface area contributed by atoms with Crippen molar-refractivity contribution in [2.45, 2.75) is 37.1 Å². The third-order valence-corrected chi connectivity index (χ3v) is 7.04. The molecule has 0 spiro atoms. The molecule has 5 nitrogen and oxygen atoms in total. The lowest BCUT2D eigenvalue weighted by Gasteiger charge is -2.57. The molecule has 0 amide bonds. The van der Waals surface area contributed by atoms with E-state index >= 15 is 0 Å². The second kappa shape index (κ2) is 5.83. The molecule has 2 N–H and O–H groups in total. The van der Waals surface area contributed by atoms with Crippen LogP contribution in [-0.4, -0.2) is 53.8 Å². The summed E-state index contributed by atoms with van der Waals surface area (Å²) in [7, 11) is 1.51. The standard InChI is InChI=1S/C21H26N2O3/c1-26-20(25)21-11-13-10-14(7-9-24)19(21)23(12-13)8-6-16-15-4-2-3-5-17(15)22-18(16)21/h2-5,13-14,19,22,24H,6-12H2,1H3/t13-,14?,19?,21?/m0/s1. The van der Waals surface area contributed by atoms with E-state index in [9.17, 15) is 9.90 Å². The first-order valence-corrected chi connectivity index (χ1v) is 9.72. The molecule has 138 valence electrons. The van der Waals surface area contributed by atoms with Gasteiger partial charge in [-0.05, 0) is 49.1 Å². The second-order valence-electron chi connectivity index (χ2n) is 8.26. The van der Waals surface area contributed by atoms with E-state index in [4.69, 9.17) is 4.74 Å². The minimum absolute atomic E-state index is 0.112. The lowest BCUT2D eigenvalue weighted by molar-refractivity contribution is -0.162. The van der Waals surface area contributed by atoms with Gasteiger partial charge in [0.2, 0.25) is 0 Å². The summed E-state index contributed by atoms with van der Waals surface area (Å²) < 4.78 is 5.41. The lowest BCUT2D eigenvalue weighted by atomic mass is 9.56. The number of H-pyrrole nitrogens is 1. The molecule has 5 atom stereocenters. The van der Waals surface area contributed by atoms with E-state index in [1.165, 1.54) is 18.1 Å². The molecule has 1 aromatic heterocycles. The number of ether oxygens (including phenoxy) is 1. The summed E-state index contributed by atoms with van der Waals surface area (Å²) in [5, 5.41) is 10.9. The van der Waals surface area contributed by atoms with Gasteiger partial charge in [-0.1, -0.05) is 18.2 Å². The van der Waals surface area contributed by atoms with Crippen LogP contribution < -0.4 is 0 Å². The number of piperidine rings is 2. The van der Waals surface area contributed by atoms with E-state index in [1.807, 2.05) is 6.07 Å². The summed E-state index contributed by atoms with van der Waals surface area (Å²) in [4.78, 5) is 19.4. The maximum absolute atomic E-state index is 13.3. The molecule has 2 saturated heterocycles. The number of methoxy groups -OCH3 is 1. The smallest absolute Gasteiger partial charge is 0.319 e. The predicted molar refractivity (Wildman–Crippen MR) is 99.0 cm³/mol. The van der Waals surface area contributed by atoms with Gasteiger partial charge in [0, 0.05) is 42.3 Å². The van der Waals surface area contributed by atoms with Gasteiger partial charge in [0.05, 0.1) is 7.11 Å². The number of fused-ring (bicyclic) bond motifs is 4. The predicted octanol–water partition coefficient (Wildman–Crippen LogP) is 2.23. The Balaban J connectivity index is 1.77. The van der Waals surface area contributed by atoms with E-state index in [0.717, 1.165) is 50.0 Å². The van der Waals surface area contributed by atoms with E-state index in [0.29, 0.717) is 11.8 Å². The highest BCUT2D eigenvalue weighted by Gasteiger charge is 2.62. The Hall–Kier alpha value is -1.85. The Morgan fingerprint density at radius 3 is 3.08 bits per heavy atom. The van der Waals surface area contributed by atoms with Crippen LogP contribution in [0.15, 0.2) is 24.3 Å². The Kier molecular flexibility index (Phi) is 3.66. The summed E-state index contributed by atoms with van der Waals surface area (Å²) >= 11 is 0. The summed E-state index contributed by atoms with van der Waals surface area (Å²) in [5.74, 6) is 0.700. The quantitative estimate of drug-likeness (QED) is 0.830. The number of nitrogens with zero attached hydrogens (tertiary/aromatic N) is 1. The van der Waals surface area contributed by atoms with Gasteiger partial charge in [-0.3, -0.25) is 9.69 Å². The van der Waals surface area contributed by atoms with Crippen LogP contribution in [0.1, 0.15) is 30.5 Å². The van der Waals surface area contributed by atoms with Crippen LogP contribution in [0.3, 0.4) is 0 Å². The van der Waals surface area contributed by atoms with Gasteiger partial charge >= 0.3 is 5.97 Å². The van der Waals surface area contributed by atoms with Crippen LogP contribution in [0.2, 0.25) is 0 Å². The van der Waals surface area contributed by atoms with Crippen LogP contribution in [-0.2, 0) is 21.4 Å². The normalized spacial score (nSPS) is 35.2. The number of aromatic amines is 1. The first-order valence-electron chi connectivity index (χ1n) is 9.72. The molecule has 1 aromatic carbocycles. The van der Waals surface area contributed by atoms with Crippen LogP contribution >= 0.6 is 0 Å². The Labute approximate surface area is 153 Å². The Morgan fingerprint density at radius 2 is 2.27 bits per heavy atom. The van der Waals surface area contributed by atoms with Crippen molar-refractivity contribution in [3.8, 4) is 0 Å². The third kappa shape index (κ3) is 2.01. The zero-order valence-corrected chi connectivity index (χ0v) is 15.2. The molecule has 4 aliphatic rings. The van der Waals surface area contributed by atoms with Crippen LogP contribution in [0.4, 0.5) is 0 Å². The maximum atomic E-state index is 13.3. The number of benzene rings is 1. The van der Waals surface area contributed by atoms with Crippen LogP contribution in [0.5, 0.6) is 0 Å². The van der Waals surface area contributed by atoms with E-state index in [2.05, 4.69) is 28.1 Å². The maximum Gasteiger partial charge on any atom is 0.319 e. The Morgan fingerprint density at radius 1 is 1.42 bits per heavy atom. The molecule has 4 heterocycles. The minimum atomic E-state index is -0.638. The fourth-order valence-electron chi connectivity index (χ4n) is 6.32. The summed E-state index contributed by atoms with van der Waals surface area (Å²) in [6.45, 7) is 2.21. The van der Waals surface area contributed by atoms with Gasteiger partial charge in [0.15, 0.2) is 0 Å². The van der Waals surface area contributed by atoms with Crippen molar-refractivity contribution >= 4 is 16.9 Å². The average Bonchev–Trinajstić information content (AvgIpc) is 3.00. The van der Waals surface area contributed by atoms with Crippen molar-refractivity contribution in [2.24, 2.45) is 11.8 Å². The molecule has 6 rings (SSSR count). The number of hydrogen-bond acceptors (Lipinski definition) is 4. The molecular formula is C21H26N2O3. The number of aliphatic hydroxyl groups is 1. The van der Waals surface area contributed by atoms with Gasteiger partial charge in [-0.15, -0.1) is 0 Å². The molecule has 5 heteroatoms. The molecule has 3 fully saturated rings. The number of rotatable bonds is 3. The zero-order valence-electron chi connectivity index (χ0n) is 15.2. The highest BCUT2D eigenvalue weighted by atomic mass is 16.5. The van der Waals surface area contributed by atoms with Crippen molar-refractivity contribution in [1.29, 1.82) is 0 Å². The molecule has 0 radical (unpaired) electrons. The van der Waals surface area contributed by atoms with Gasteiger partial charge in [0.1, 0.15) is 5.41 Å². The highest BCUT2D eigenvalue weighted by molar-refractivity contribution is 5.91. The SMILES string of the molecule is COC(=O)C12C[C@@H]3CC(CCO)C1N(CCc1c2[nH]c2ccccc12)C3. The topological polar surface area (TPSA) is 65.6 Å². The lowest BCUT2D eigenvalue weighted by Crippen LogP contribution is -2.67. The monoisotopic (exact) mass is 354 g/mol. The molecule has 4 unspecified atom stereocenters. The molecule has 3 aliphatic heterocycles. The fraction of sp³-hybridized carbons (Fsp3) is 0.571. The number of hydrogen-bond donors (Lipinski definition) is 2. The van der Waals surface area contributed by atoms with Gasteiger partial charge in [-0.2, -0.15) is 0 Å². The molecule has 1 aliphatic carbocycles. The molecular weight excluding hydrogens is 328 g/mol. The van der Waals surface area contributed by atoms with Gasteiger partial charge in [-0.25, -0.2) is 0 Å². The number of aliphatic hydroxyl groups excluding tert-OH is 1. The molecule has 2 aromatic rings. The number of carbonyl (C=O) groups excluding carboxylic acids is 1. The number of aromatic nitrogens is 1. The van der Waals surface area contributed by atoms with Crippen LogP contribution in [0.25, 0.3) is 10.9 Å². The van der Waals surface area contributed by atoms with Crippen molar-refractivity contribution in [1.82, 2.24) is 9.88 Å². The van der Waals surface area contributed by atoms with Gasteiger partial charge in [0.25, 0.3) is 0 Å². The number of esters is 1. The fourth-order valence-corrected chi connectivity index (χ4v) is 6.32. The number of para-hydroxylation sites is 1. The van der Waals surface area contributed by atoms with Crippen LogP contribution in [0, 0.1) is 11.8 Å². The zero-order chi connectivity index (χ0) is 17.9. The van der Waals surface area contributed by atoms with Crippen molar-refractivity contribution < 1.29 is 14.6 Å². The first-order chi connectivity index (χ1) is 12.7. The Bertz CT molecular complexity index is 860. The van der Waals surface area contributed by atoms with E-state index in [1.54, 1.807) is 0 Å². The molecule has 26 heavy (non-hydrogen) atoms. The summed E-state index contributed by atoms with van der Waals surface area (Å²) in [6, 6.07) is 8.47. The second-order valence-corrected chi connectivity index (χ2v) is 8.26. The summed E-state index contributed by atoms with van der Waals surface area (Å²) in [6.07, 6.45) is 3.66. The molecule has 1 saturated carbocycles. The van der Waals surface area contributed by atoms with Gasteiger partial charge < -0.3 is 14.8 Å². The van der Waals surface area contributed by atoms with Crippen molar-refractivity contribution in [3.63, 3.8) is 0 Å². The van der Waals surface area contributed by atoms with E-state index < -0.39 is 5.41 Å². The summed E-state index contributed by atoms with van der Waals surface area (Å²) in [5.41, 5.74) is 2.82. The first kappa shape index (κ1) is 16.3. The van der Waals surface area contributed by atoms with E-state index in [-0.39, 0.29) is 18.6 Å². The van der Waals surface area contributed by atoms with Crippen molar-refractivity contribution in [2.75, 3.05) is 26.8 Å². The average molecular weight is 354 g/mol. The largest absolute Gasteiger partial charge is 0.468 e. The minimum Gasteiger partial charge on any atom is -0.468 e. The van der Waals surface area contributed by atoms with Crippen molar-refractivity contribution in [3.05, 3.63) is 35.5 Å². The third-order valence-electron chi connectivity index (χ3n) is 7.04. The number of nitrogens with one attached hydrogen (secondary N) is 1. The number of carbonyl (C=O) groups is 1. The molecule has 4 bridgehead atoms.